The van der Waals surface area contributed by atoms with Crippen LogP contribution in [0, 0.1) is 0 Å². The van der Waals surface area contributed by atoms with Crippen LogP contribution in [0.25, 0.3) is 0 Å². The topological polar surface area (TPSA) is 67.8 Å². The number of rotatable bonds is 9. The summed E-state index contributed by atoms with van der Waals surface area (Å²) in [6.07, 6.45) is 1.86. The lowest BCUT2D eigenvalue weighted by Crippen LogP contribution is -2.18. The van der Waals surface area contributed by atoms with E-state index in [0.29, 0.717) is 28.7 Å². The Morgan fingerprint density at radius 3 is 2.09 bits per heavy atom. The van der Waals surface area contributed by atoms with Gasteiger partial charge in [-0.05, 0) is 58.2 Å². The van der Waals surface area contributed by atoms with Crippen molar-refractivity contribution in [2.45, 2.75) is 65.2 Å². The van der Waals surface area contributed by atoms with Gasteiger partial charge in [0.05, 0.1) is 25.7 Å². The number of aryl methyl sites for hydroxylation is 1. The molecule has 2 aromatic carbocycles. The molecule has 0 saturated heterocycles. The van der Waals surface area contributed by atoms with Gasteiger partial charge in [-0.3, -0.25) is 4.79 Å². The van der Waals surface area contributed by atoms with Gasteiger partial charge < -0.3 is 19.9 Å². The summed E-state index contributed by atoms with van der Waals surface area (Å²) < 4.78 is 10.5. The number of methoxy groups -OCH3 is 2. The number of hydrogen-bond acceptors (Lipinski definition) is 5. The molecule has 0 aliphatic rings. The number of ether oxygens (including phenoxy) is 2. The van der Waals surface area contributed by atoms with Crippen molar-refractivity contribution in [2.75, 3.05) is 31.0 Å². The average molecular weight is 474 g/mol. The van der Waals surface area contributed by atoms with Crippen molar-refractivity contribution in [3.05, 3.63) is 47.0 Å². The highest BCUT2D eigenvalue weighted by Gasteiger charge is 2.26. The van der Waals surface area contributed by atoms with Crippen LogP contribution in [0.5, 0.6) is 17.2 Å². The summed E-state index contributed by atoms with van der Waals surface area (Å²) >= 11 is 1.61. The molecule has 0 heterocycles. The van der Waals surface area contributed by atoms with Crippen molar-refractivity contribution < 1.29 is 19.4 Å². The van der Waals surface area contributed by atoms with Crippen molar-refractivity contribution in [3.63, 3.8) is 0 Å². The summed E-state index contributed by atoms with van der Waals surface area (Å²) in [7, 11) is 3.16. The zero-order valence-electron chi connectivity index (χ0n) is 21.3. The number of phenols is 1. The van der Waals surface area contributed by atoms with Crippen LogP contribution in [-0.4, -0.2) is 36.7 Å². The summed E-state index contributed by atoms with van der Waals surface area (Å²) in [6, 6.07) is 9.60. The summed E-state index contributed by atoms with van der Waals surface area (Å²) in [5.74, 6) is 2.86. The van der Waals surface area contributed by atoms with E-state index in [-0.39, 0.29) is 16.7 Å². The van der Waals surface area contributed by atoms with Crippen LogP contribution in [0.3, 0.4) is 0 Å². The number of nitrogens with one attached hydrogen (secondary N) is 1. The predicted octanol–water partition coefficient (Wildman–Crippen LogP) is 6.31. The Kier molecular flexibility index (Phi) is 9.12. The maximum Gasteiger partial charge on any atom is 0.234 e. The lowest BCUT2D eigenvalue weighted by Gasteiger charge is -2.28. The molecule has 33 heavy (non-hydrogen) atoms. The Labute approximate surface area is 203 Å². The monoisotopic (exact) mass is 473 g/mol. The van der Waals surface area contributed by atoms with E-state index in [1.807, 2.05) is 0 Å². The zero-order valence-corrected chi connectivity index (χ0v) is 22.1. The molecule has 2 aromatic rings. The van der Waals surface area contributed by atoms with Gasteiger partial charge in [0.25, 0.3) is 0 Å². The molecule has 5 nitrogen and oxygen atoms in total. The molecule has 0 aliphatic carbocycles. The van der Waals surface area contributed by atoms with Gasteiger partial charge in [-0.2, -0.15) is 11.8 Å². The molecule has 0 bridgehead atoms. The number of benzene rings is 2. The molecule has 0 aliphatic heterocycles. The zero-order chi connectivity index (χ0) is 24.8. The fourth-order valence-corrected chi connectivity index (χ4v) is 4.37. The molecule has 0 saturated carbocycles. The largest absolute Gasteiger partial charge is 0.507 e. The number of hydrogen-bond donors (Lipinski definition) is 2. The van der Waals surface area contributed by atoms with Crippen molar-refractivity contribution in [2.24, 2.45) is 0 Å². The van der Waals surface area contributed by atoms with Crippen molar-refractivity contribution >= 4 is 23.4 Å². The van der Waals surface area contributed by atoms with Gasteiger partial charge in [-0.25, -0.2) is 0 Å². The van der Waals surface area contributed by atoms with Gasteiger partial charge in [0.15, 0.2) is 0 Å². The summed E-state index contributed by atoms with van der Waals surface area (Å²) in [4.78, 5) is 12.4. The number of thioether (sulfide) groups is 1. The Balaban J connectivity index is 1.94. The van der Waals surface area contributed by atoms with Crippen LogP contribution in [0.1, 0.15) is 64.7 Å². The molecule has 6 heteroatoms. The molecule has 1 amide bonds. The first kappa shape index (κ1) is 26.9. The third-order valence-electron chi connectivity index (χ3n) is 5.45. The van der Waals surface area contributed by atoms with Crippen LogP contribution in [0.15, 0.2) is 30.3 Å². The minimum atomic E-state index is -0.131. The second-order valence-corrected chi connectivity index (χ2v) is 11.4. The Morgan fingerprint density at radius 2 is 1.58 bits per heavy atom. The SMILES string of the molecule is COc1ccc(OC)c(NC(=O)CSCCCc2cc(C(C)(C)C)c(O)c(C(C)(C)C)c2)c1. The number of aromatic hydroxyl groups is 1. The van der Waals surface area contributed by atoms with Crippen molar-refractivity contribution in [1.82, 2.24) is 0 Å². The Hall–Kier alpha value is -2.34. The first-order valence-electron chi connectivity index (χ1n) is 11.3. The number of anilines is 1. The van der Waals surface area contributed by atoms with Gasteiger partial charge in [-0.15, -0.1) is 0 Å². The lowest BCUT2D eigenvalue weighted by molar-refractivity contribution is -0.113. The lowest BCUT2D eigenvalue weighted by atomic mass is 9.78. The molecule has 0 atom stereocenters. The van der Waals surface area contributed by atoms with Crippen LogP contribution >= 0.6 is 11.8 Å². The third kappa shape index (κ3) is 7.60. The van der Waals surface area contributed by atoms with Gasteiger partial charge in [0.1, 0.15) is 17.2 Å². The minimum Gasteiger partial charge on any atom is -0.507 e. The quantitative estimate of drug-likeness (QED) is 0.418. The number of amides is 1. The molecular formula is C27H39NO4S. The van der Waals surface area contributed by atoms with E-state index in [1.165, 1.54) is 5.56 Å². The van der Waals surface area contributed by atoms with Gasteiger partial charge in [-0.1, -0.05) is 53.7 Å². The van der Waals surface area contributed by atoms with E-state index in [1.54, 1.807) is 44.2 Å². The smallest absolute Gasteiger partial charge is 0.234 e. The molecule has 0 fully saturated rings. The average Bonchev–Trinajstić information content (AvgIpc) is 2.72. The first-order valence-corrected chi connectivity index (χ1v) is 12.5. The molecule has 0 aromatic heterocycles. The minimum absolute atomic E-state index is 0.0683. The normalized spacial score (nSPS) is 11.9. The van der Waals surface area contributed by atoms with Crippen molar-refractivity contribution in [1.29, 1.82) is 0 Å². The number of carbonyl (C=O) groups excluding carboxylic acids is 1. The van der Waals surface area contributed by atoms with E-state index >= 15 is 0 Å². The van der Waals surface area contributed by atoms with Crippen LogP contribution in [0.2, 0.25) is 0 Å². The number of phenolic OH excluding ortho intramolecular Hbond substituents is 1. The van der Waals surface area contributed by atoms with Crippen molar-refractivity contribution in [3.8, 4) is 17.2 Å². The molecule has 2 rings (SSSR count). The maximum atomic E-state index is 12.4. The Morgan fingerprint density at radius 1 is 0.970 bits per heavy atom. The summed E-state index contributed by atoms with van der Waals surface area (Å²) in [6.45, 7) is 12.8. The van der Waals surface area contributed by atoms with Gasteiger partial charge in [0.2, 0.25) is 5.91 Å². The second kappa shape index (κ2) is 11.2. The molecule has 0 radical (unpaired) electrons. The predicted molar refractivity (Wildman–Crippen MR) is 139 cm³/mol. The van der Waals surface area contributed by atoms with E-state index in [2.05, 4.69) is 59.0 Å². The van der Waals surface area contributed by atoms with E-state index in [0.717, 1.165) is 29.7 Å². The van der Waals surface area contributed by atoms with Crippen LogP contribution in [-0.2, 0) is 22.0 Å². The van der Waals surface area contributed by atoms with Crippen LogP contribution < -0.4 is 14.8 Å². The fraction of sp³-hybridized carbons (Fsp3) is 0.519. The molecule has 0 spiro atoms. The van der Waals surface area contributed by atoms with Crippen LogP contribution in [0.4, 0.5) is 5.69 Å². The van der Waals surface area contributed by atoms with E-state index in [4.69, 9.17) is 9.47 Å². The number of carbonyl (C=O) groups is 1. The van der Waals surface area contributed by atoms with Gasteiger partial charge >= 0.3 is 0 Å². The second-order valence-electron chi connectivity index (χ2n) is 10.3. The first-order chi connectivity index (χ1) is 15.4. The standard InChI is InChI=1S/C27H39NO4S/c1-26(2,3)20-14-18(15-21(25(20)30)27(4,5)6)10-9-13-33-17-24(29)28-22-16-19(31-7)11-12-23(22)32-8/h11-12,14-16,30H,9-10,13,17H2,1-8H3,(H,28,29). The molecule has 0 unspecified atom stereocenters. The third-order valence-corrected chi connectivity index (χ3v) is 6.50. The molecule has 182 valence electrons. The molecule has 2 N–H and O–H groups in total. The summed E-state index contributed by atoms with van der Waals surface area (Å²) in [5.41, 5.74) is 3.56. The molecular weight excluding hydrogens is 434 g/mol. The van der Waals surface area contributed by atoms with E-state index in [9.17, 15) is 9.90 Å². The van der Waals surface area contributed by atoms with E-state index < -0.39 is 0 Å². The summed E-state index contributed by atoms with van der Waals surface area (Å²) in [5, 5.41) is 13.8. The highest BCUT2D eigenvalue weighted by Crippen LogP contribution is 2.40. The highest BCUT2D eigenvalue weighted by atomic mass is 32.2. The maximum absolute atomic E-state index is 12.4. The fourth-order valence-electron chi connectivity index (χ4n) is 3.62. The van der Waals surface area contributed by atoms with Gasteiger partial charge in [0, 0.05) is 6.07 Å². The highest BCUT2D eigenvalue weighted by molar-refractivity contribution is 7.99. The Bertz CT molecular complexity index is 923.